The third-order valence-electron chi connectivity index (χ3n) is 10.3. The Balaban J connectivity index is 1.17. The maximum absolute atomic E-state index is 13.8. The molecule has 264 valence electrons. The highest BCUT2D eigenvalue weighted by Crippen LogP contribution is 2.41. The topological polar surface area (TPSA) is 102 Å². The van der Waals surface area contributed by atoms with Gasteiger partial charge in [0.15, 0.2) is 23.5 Å². The first-order chi connectivity index (χ1) is 24.4. The molecule has 8 nitrogen and oxygen atoms in total. The summed E-state index contributed by atoms with van der Waals surface area (Å²) in [6, 6.07) is 17.7. The summed E-state index contributed by atoms with van der Waals surface area (Å²) >= 11 is 0. The Hall–Kier alpha value is -5.24. The molecule has 8 heteroatoms. The van der Waals surface area contributed by atoms with Crippen LogP contribution in [-0.2, 0) is 38.3 Å². The molecule has 51 heavy (non-hydrogen) atoms. The number of methoxy groups -OCH3 is 3. The normalized spacial score (nSPS) is 17.5. The molecule has 2 heterocycles. The summed E-state index contributed by atoms with van der Waals surface area (Å²) in [6.45, 7) is 10.1. The van der Waals surface area contributed by atoms with E-state index < -0.39 is 0 Å². The molecule has 6 rings (SSSR count). The smallest absolute Gasteiger partial charge is 0.213 e. The van der Waals surface area contributed by atoms with Crippen molar-refractivity contribution in [3.8, 4) is 5.88 Å². The van der Waals surface area contributed by atoms with Crippen molar-refractivity contribution < 1.29 is 28.5 Å². The van der Waals surface area contributed by atoms with Gasteiger partial charge in [-0.15, -0.1) is 0 Å². The quantitative estimate of drug-likeness (QED) is 0.121. The van der Waals surface area contributed by atoms with E-state index in [1.54, 1.807) is 33.6 Å². The van der Waals surface area contributed by atoms with Crippen LogP contribution < -0.4 is 9.47 Å². The number of rotatable bonds is 11. The lowest BCUT2D eigenvalue weighted by molar-refractivity contribution is -0.614. The molecule has 0 spiro atoms. The standard InChI is InChI=1S/C43H46N2O6/c1-24-14-25(2)38(26(3)15-24)40-36(50-7)22-32(43(40)47)20-34-13-12-29(23-45(34)48)18-30-16-27(4)39(28(5)17-30)41-35(49-6)21-31(42(41)46)19-33-10-9-11-37(44-33)51-8/h9-17,23,31-32H,18-22H2,1-8H3. The molecule has 0 bridgehead atoms. The van der Waals surface area contributed by atoms with Crippen LogP contribution in [0.2, 0.25) is 0 Å². The van der Waals surface area contributed by atoms with Crippen molar-refractivity contribution in [2.24, 2.45) is 11.8 Å². The van der Waals surface area contributed by atoms with E-state index in [0.717, 1.165) is 60.5 Å². The van der Waals surface area contributed by atoms with Crippen molar-refractivity contribution in [1.29, 1.82) is 0 Å². The molecule has 0 saturated heterocycles. The van der Waals surface area contributed by atoms with E-state index in [4.69, 9.17) is 14.2 Å². The van der Waals surface area contributed by atoms with E-state index in [1.807, 2.05) is 52.0 Å². The molecule has 4 aromatic rings. The Bertz CT molecular complexity index is 2060. The van der Waals surface area contributed by atoms with Gasteiger partial charge in [-0.1, -0.05) is 35.9 Å². The molecule has 0 aliphatic heterocycles. The van der Waals surface area contributed by atoms with Gasteiger partial charge in [0.1, 0.15) is 11.5 Å². The van der Waals surface area contributed by atoms with Crippen LogP contribution in [0.4, 0.5) is 0 Å². The fourth-order valence-electron chi connectivity index (χ4n) is 8.11. The summed E-state index contributed by atoms with van der Waals surface area (Å²) in [5.74, 6) is 1.35. The highest BCUT2D eigenvalue weighted by atomic mass is 16.5. The Morgan fingerprint density at radius 2 is 1.25 bits per heavy atom. The van der Waals surface area contributed by atoms with Crippen molar-refractivity contribution in [2.75, 3.05) is 21.3 Å². The number of ether oxygens (including phenoxy) is 3. The minimum Gasteiger partial charge on any atom is -0.618 e. The number of allylic oxidation sites excluding steroid dienone is 4. The summed E-state index contributed by atoms with van der Waals surface area (Å²) in [5, 5.41) is 13.3. The van der Waals surface area contributed by atoms with Crippen LogP contribution in [0.3, 0.4) is 0 Å². The van der Waals surface area contributed by atoms with Crippen LogP contribution in [0.1, 0.15) is 74.3 Å². The lowest BCUT2D eigenvalue weighted by atomic mass is 9.88. The van der Waals surface area contributed by atoms with E-state index in [2.05, 4.69) is 36.2 Å². The molecule has 0 amide bonds. The van der Waals surface area contributed by atoms with Gasteiger partial charge < -0.3 is 19.4 Å². The second kappa shape index (κ2) is 14.5. The predicted octanol–water partition coefficient (Wildman–Crippen LogP) is 7.23. The molecule has 0 radical (unpaired) electrons. The monoisotopic (exact) mass is 686 g/mol. The van der Waals surface area contributed by atoms with E-state index in [1.165, 1.54) is 0 Å². The largest absolute Gasteiger partial charge is 0.618 e. The van der Waals surface area contributed by atoms with E-state index >= 15 is 0 Å². The molecule has 2 aromatic carbocycles. The zero-order valence-corrected chi connectivity index (χ0v) is 30.8. The van der Waals surface area contributed by atoms with Gasteiger partial charge in [0, 0.05) is 67.3 Å². The van der Waals surface area contributed by atoms with Crippen LogP contribution >= 0.6 is 0 Å². The van der Waals surface area contributed by atoms with Crippen molar-refractivity contribution in [2.45, 2.75) is 66.7 Å². The Morgan fingerprint density at radius 3 is 1.78 bits per heavy atom. The highest BCUT2D eigenvalue weighted by molar-refractivity contribution is 6.26. The number of hydrogen-bond acceptors (Lipinski definition) is 7. The number of carbonyl (C=O) groups excluding carboxylic acids is 2. The number of ketones is 2. The van der Waals surface area contributed by atoms with Crippen molar-refractivity contribution in [3.63, 3.8) is 0 Å². The molecule has 2 aromatic heterocycles. The summed E-state index contributed by atoms with van der Waals surface area (Å²) in [7, 11) is 4.81. The van der Waals surface area contributed by atoms with Crippen LogP contribution in [-0.4, -0.2) is 37.9 Å². The predicted molar refractivity (Wildman–Crippen MR) is 197 cm³/mol. The second-order valence-corrected chi connectivity index (χ2v) is 14.0. The zero-order chi connectivity index (χ0) is 36.6. The Morgan fingerprint density at radius 1 is 0.706 bits per heavy atom. The van der Waals surface area contributed by atoms with Gasteiger partial charge in [-0.05, 0) is 85.7 Å². The van der Waals surface area contributed by atoms with Crippen molar-refractivity contribution in [3.05, 3.63) is 139 Å². The number of benzene rings is 2. The van der Waals surface area contributed by atoms with Crippen LogP contribution in [0.15, 0.2) is 72.3 Å². The molecule has 2 aliphatic rings. The Kier molecular flexibility index (Phi) is 10.1. The second-order valence-electron chi connectivity index (χ2n) is 14.0. The molecule has 2 unspecified atom stereocenters. The number of Topliss-reactive ketones (excluding diaryl/α,β-unsaturated/α-hetero) is 2. The SMILES string of the molecule is COC1=C(c2c(C)cc(Cc3ccc(CC4CC(OC)=C(c5c(C)cc(C)cc5C)C4=O)[n+]([O-])c3)cc2C)C(=O)C(Cc2cccc(OC)n2)C1. The van der Waals surface area contributed by atoms with Crippen molar-refractivity contribution in [1.82, 2.24) is 4.98 Å². The molecular weight excluding hydrogens is 640 g/mol. The van der Waals surface area contributed by atoms with E-state index in [0.29, 0.717) is 66.3 Å². The number of hydrogen-bond donors (Lipinski definition) is 0. The first kappa shape index (κ1) is 35.6. The molecule has 2 aliphatic carbocycles. The highest BCUT2D eigenvalue weighted by Gasteiger charge is 2.38. The third-order valence-corrected chi connectivity index (χ3v) is 10.3. The number of aryl methyl sites for hydroxylation is 5. The lowest BCUT2D eigenvalue weighted by Gasteiger charge is -2.16. The maximum Gasteiger partial charge on any atom is 0.213 e. The first-order valence-corrected chi connectivity index (χ1v) is 17.4. The van der Waals surface area contributed by atoms with Crippen LogP contribution in [0.25, 0.3) is 11.1 Å². The summed E-state index contributed by atoms with van der Waals surface area (Å²) in [6.07, 6.45) is 3.97. The van der Waals surface area contributed by atoms with E-state index in [-0.39, 0.29) is 23.4 Å². The molecule has 0 N–H and O–H groups in total. The Labute approximate surface area is 300 Å². The molecule has 0 fully saturated rings. The lowest BCUT2D eigenvalue weighted by Crippen LogP contribution is -2.34. The number of carbonyl (C=O) groups is 2. The maximum atomic E-state index is 13.8. The fraction of sp³-hybridized carbons (Fsp3) is 0.349. The van der Waals surface area contributed by atoms with E-state index in [9.17, 15) is 14.8 Å². The molecular formula is C43H46N2O6. The van der Waals surface area contributed by atoms with Gasteiger partial charge in [-0.3, -0.25) is 9.59 Å². The average molecular weight is 687 g/mol. The molecule has 2 atom stereocenters. The van der Waals surface area contributed by atoms with Gasteiger partial charge in [0.2, 0.25) is 5.88 Å². The van der Waals surface area contributed by atoms with Gasteiger partial charge in [0.25, 0.3) is 0 Å². The summed E-state index contributed by atoms with van der Waals surface area (Å²) < 4.78 is 17.7. The minimum absolute atomic E-state index is 0.0211. The third kappa shape index (κ3) is 7.05. The van der Waals surface area contributed by atoms with Gasteiger partial charge in [0.05, 0.1) is 32.5 Å². The first-order valence-electron chi connectivity index (χ1n) is 17.4. The number of pyridine rings is 2. The molecule has 0 saturated carbocycles. The van der Waals surface area contributed by atoms with Crippen LogP contribution in [0.5, 0.6) is 5.88 Å². The van der Waals surface area contributed by atoms with Crippen molar-refractivity contribution >= 4 is 22.7 Å². The van der Waals surface area contributed by atoms with Gasteiger partial charge >= 0.3 is 0 Å². The number of aromatic nitrogens is 2. The minimum atomic E-state index is -0.366. The zero-order valence-electron chi connectivity index (χ0n) is 30.8. The number of nitrogens with zero attached hydrogens (tertiary/aromatic N) is 2. The fourth-order valence-corrected chi connectivity index (χ4v) is 8.11. The average Bonchev–Trinajstić information content (AvgIpc) is 3.56. The van der Waals surface area contributed by atoms with Crippen LogP contribution in [0, 0.1) is 51.7 Å². The summed E-state index contributed by atoms with van der Waals surface area (Å²) in [4.78, 5) is 32.1. The van der Waals surface area contributed by atoms with Gasteiger partial charge in [-0.2, -0.15) is 4.73 Å². The van der Waals surface area contributed by atoms with Gasteiger partial charge in [-0.25, -0.2) is 4.98 Å². The summed E-state index contributed by atoms with van der Waals surface area (Å²) in [5.41, 5.74) is 11.6.